The Kier molecular flexibility index (Phi) is 8.08. The molecule has 1 heterocycles. The first-order valence-corrected chi connectivity index (χ1v) is 10.7. The Morgan fingerprint density at radius 3 is 2.50 bits per heavy atom. The van der Waals surface area contributed by atoms with E-state index in [1.165, 1.54) is 5.56 Å². The number of aryl methyl sites for hydroxylation is 2. The lowest BCUT2D eigenvalue weighted by Crippen LogP contribution is -2.42. The van der Waals surface area contributed by atoms with Crippen molar-refractivity contribution in [2.24, 2.45) is 12.0 Å². The predicted molar refractivity (Wildman–Crippen MR) is 126 cm³/mol. The van der Waals surface area contributed by atoms with E-state index in [9.17, 15) is 0 Å². The topological polar surface area (TPSA) is 85.6 Å². The van der Waals surface area contributed by atoms with Crippen LogP contribution in [-0.4, -0.2) is 40.5 Å². The van der Waals surface area contributed by atoms with E-state index in [1.54, 1.807) is 7.11 Å². The Labute approximate surface area is 189 Å². The van der Waals surface area contributed by atoms with Crippen molar-refractivity contribution in [3.8, 4) is 11.5 Å². The molecule has 0 saturated carbocycles. The smallest absolute Gasteiger partial charge is 0.192 e. The molecule has 0 aliphatic rings. The summed E-state index contributed by atoms with van der Waals surface area (Å²) in [4.78, 5) is 4.73. The monoisotopic (exact) mass is 436 g/mol. The summed E-state index contributed by atoms with van der Waals surface area (Å²) in [5.74, 6) is 4.07. The van der Waals surface area contributed by atoms with Crippen LogP contribution in [0.15, 0.2) is 53.5 Å². The molecular formula is C24H32N6O2. The Bertz CT molecular complexity index is 1030. The molecule has 0 aliphatic heterocycles. The minimum Gasteiger partial charge on any atom is -0.497 e. The van der Waals surface area contributed by atoms with Gasteiger partial charge in [-0.05, 0) is 56.2 Å². The molecular weight excluding hydrogens is 404 g/mol. The van der Waals surface area contributed by atoms with Gasteiger partial charge in [-0.3, -0.25) is 0 Å². The highest BCUT2D eigenvalue weighted by atomic mass is 16.5. The molecule has 0 fully saturated rings. The largest absolute Gasteiger partial charge is 0.497 e. The fourth-order valence-electron chi connectivity index (χ4n) is 3.05. The highest BCUT2D eigenvalue weighted by Gasteiger charge is 2.09. The van der Waals surface area contributed by atoms with Gasteiger partial charge >= 0.3 is 0 Å². The van der Waals surface area contributed by atoms with E-state index in [1.807, 2.05) is 67.9 Å². The highest BCUT2D eigenvalue weighted by Crippen LogP contribution is 2.14. The molecule has 0 saturated heterocycles. The van der Waals surface area contributed by atoms with Crippen molar-refractivity contribution in [3.63, 3.8) is 0 Å². The van der Waals surface area contributed by atoms with Gasteiger partial charge in [0, 0.05) is 7.05 Å². The molecule has 0 radical (unpaired) electrons. The third-order valence-electron chi connectivity index (χ3n) is 5.06. The first kappa shape index (κ1) is 23.1. The third kappa shape index (κ3) is 6.73. The molecule has 32 heavy (non-hydrogen) atoms. The number of methoxy groups -OCH3 is 1. The van der Waals surface area contributed by atoms with Crippen LogP contribution < -0.4 is 20.1 Å². The summed E-state index contributed by atoms with van der Waals surface area (Å²) >= 11 is 0. The van der Waals surface area contributed by atoms with Crippen molar-refractivity contribution in [1.82, 2.24) is 25.4 Å². The Hall–Kier alpha value is -3.55. The first-order valence-electron chi connectivity index (χ1n) is 10.7. The first-order chi connectivity index (χ1) is 15.4. The van der Waals surface area contributed by atoms with Gasteiger partial charge in [0.25, 0.3) is 0 Å². The maximum atomic E-state index is 6.03. The van der Waals surface area contributed by atoms with Gasteiger partial charge in [0.05, 0.1) is 26.7 Å². The molecule has 8 heteroatoms. The van der Waals surface area contributed by atoms with Crippen molar-refractivity contribution >= 4 is 5.96 Å². The molecule has 1 unspecified atom stereocenters. The lowest BCUT2D eigenvalue weighted by atomic mass is 10.2. The number of aliphatic imine (C=N–C) groups is 1. The summed E-state index contributed by atoms with van der Waals surface area (Å²) in [5, 5.41) is 15.0. The van der Waals surface area contributed by atoms with E-state index in [-0.39, 0.29) is 6.10 Å². The molecule has 2 N–H and O–H groups in total. The van der Waals surface area contributed by atoms with Gasteiger partial charge in [-0.25, -0.2) is 4.99 Å². The van der Waals surface area contributed by atoms with Gasteiger partial charge in [-0.2, -0.15) is 0 Å². The number of benzene rings is 2. The Morgan fingerprint density at radius 2 is 1.84 bits per heavy atom. The minimum atomic E-state index is -0.0399. The van der Waals surface area contributed by atoms with Crippen LogP contribution in [0.4, 0.5) is 0 Å². The fourth-order valence-corrected chi connectivity index (χ4v) is 3.05. The maximum Gasteiger partial charge on any atom is 0.192 e. The Balaban J connectivity index is 1.63. The van der Waals surface area contributed by atoms with Gasteiger partial charge in [0.2, 0.25) is 0 Å². The molecule has 0 amide bonds. The molecule has 0 spiro atoms. The van der Waals surface area contributed by atoms with Gasteiger partial charge < -0.3 is 24.7 Å². The van der Waals surface area contributed by atoms with Crippen molar-refractivity contribution in [2.45, 2.75) is 40.0 Å². The number of ether oxygens (including phenoxy) is 2. The Morgan fingerprint density at radius 1 is 1.06 bits per heavy atom. The van der Waals surface area contributed by atoms with E-state index >= 15 is 0 Å². The average molecular weight is 437 g/mol. The van der Waals surface area contributed by atoms with E-state index in [2.05, 4.69) is 33.8 Å². The normalized spacial score (nSPS) is 12.3. The lowest BCUT2D eigenvalue weighted by Gasteiger charge is -2.18. The number of rotatable bonds is 9. The van der Waals surface area contributed by atoms with Crippen LogP contribution in [0.25, 0.3) is 0 Å². The van der Waals surface area contributed by atoms with Crippen molar-refractivity contribution in [1.29, 1.82) is 0 Å². The van der Waals surface area contributed by atoms with Crippen LogP contribution in [0.3, 0.4) is 0 Å². The standard InChI is InChI=1S/C24H32N6O2/c1-17-7-6-8-22(13-17)32-18(2)14-25-24(27-16-23-29-28-19(3)30(23)4)26-15-20-9-11-21(31-5)12-10-20/h6-13,18H,14-16H2,1-5H3,(H2,25,26,27). The SMILES string of the molecule is COc1ccc(CN=C(NCc2nnc(C)n2C)NCC(C)Oc2cccc(C)c2)cc1. The van der Waals surface area contributed by atoms with Crippen LogP contribution >= 0.6 is 0 Å². The zero-order chi connectivity index (χ0) is 22.9. The van der Waals surface area contributed by atoms with Crippen LogP contribution in [0.2, 0.25) is 0 Å². The lowest BCUT2D eigenvalue weighted by molar-refractivity contribution is 0.223. The molecule has 0 bridgehead atoms. The molecule has 1 atom stereocenters. The molecule has 1 aromatic heterocycles. The van der Waals surface area contributed by atoms with Gasteiger partial charge in [-0.15, -0.1) is 10.2 Å². The van der Waals surface area contributed by atoms with Crippen LogP contribution in [0.5, 0.6) is 11.5 Å². The van der Waals surface area contributed by atoms with Crippen LogP contribution in [-0.2, 0) is 20.1 Å². The second kappa shape index (κ2) is 11.2. The number of hydrogen-bond acceptors (Lipinski definition) is 5. The molecule has 8 nitrogen and oxygen atoms in total. The summed E-state index contributed by atoms with van der Waals surface area (Å²) in [6.07, 6.45) is -0.0399. The quantitative estimate of drug-likeness (QED) is 0.396. The van der Waals surface area contributed by atoms with Gasteiger partial charge in [-0.1, -0.05) is 24.3 Å². The number of aromatic nitrogens is 3. The van der Waals surface area contributed by atoms with Crippen molar-refractivity contribution < 1.29 is 9.47 Å². The summed E-state index contributed by atoms with van der Waals surface area (Å²) in [6.45, 7) is 7.65. The van der Waals surface area contributed by atoms with Crippen molar-refractivity contribution in [2.75, 3.05) is 13.7 Å². The number of guanidine groups is 1. The van der Waals surface area contributed by atoms with E-state index in [0.29, 0.717) is 25.6 Å². The van der Waals surface area contributed by atoms with E-state index in [0.717, 1.165) is 28.7 Å². The fraction of sp³-hybridized carbons (Fsp3) is 0.375. The summed E-state index contributed by atoms with van der Waals surface area (Å²) in [5.41, 5.74) is 2.26. The number of nitrogens with zero attached hydrogens (tertiary/aromatic N) is 4. The molecule has 0 aliphatic carbocycles. The number of hydrogen-bond donors (Lipinski definition) is 2. The van der Waals surface area contributed by atoms with Gasteiger partial charge in [0.15, 0.2) is 11.8 Å². The van der Waals surface area contributed by atoms with Crippen LogP contribution in [0, 0.1) is 13.8 Å². The second-order valence-electron chi connectivity index (χ2n) is 7.71. The average Bonchev–Trinajstić information content (AvgIpc) is 3.11. The van der Waals surface area contributed by atoms with Crippen molar-refractivity contribution in [3.05, 3.63) is 71.3 Å². The van der Waals surface area contributed by atoms with Crippen LogP contribution in [0.1, 0.15) is 29.7 Å². The predicted octanol–water partition coefficient (Wildman–Crippen LogP) is 3.14. The minimum absolute atomic E-state index is 0.0399. The maximum absolute atomic E-state index is 6.03. The van der Waals surface area contributed by atoms with Gasteiger partial charge in [0.1, 0.15) is 23.4 Å². The zero-order valence-corrected chi connectivity index (χ0v) is 19.4. The molecule has 2 aromatic carbocycles. The molecule has 170 valence electrons. The summed E-state index contributed by atoms with van der Waals surface area (Å²) < 4.78 is 13.2. The second-order valence-corrected chi connectivity index (χ2v) is 7.71. The molecule has 3 rings (SSSR count). The zero-order valence-electron chi connectivity index (χ0n) is 19.4. The highest BCUT2D eigenvalue weighted by molar-refractivity contribution is 5.79. The number of nitrogens with one attached hydrogen (secondary N) is 2. The summed E-state index contributed by atoms with van der Waals surface area (Å²) in [6, 6.07) is 15.9. The summed E-state index contributed by atoms with van der Waals surface area (Å²) in [7, 11) is 3.61. The van der Waals surface area contributed by atoms with E-state index < -0.39 is 0 Å². The van der Waals surface area contributed by atoms with E-state index in [4.69, 9.17) is 14.5 Å². The third-order valence-corrected chi connectivity index (χ3v) is 5.06. The molecule has 3 aromatic rings.